The fourth-order valence-corrected chi connectivity index (χ4v) is 4.67. The van der Waals surface area contributed by atoms with Crippen molar-refractivity contribution < 1.29 is 9.59 Å². The van der Waals surface area contributed by atoms with Gasteiger partial charge in [-0.25, -0.2) is 0 Å². The van der Waals surface area contributed by atoms with E-state index < -0.39 is 0 Å². The molecule has 0 aliphatic carbocycles. The van der Waals surface area contributed by atoms with Gasteiger partial charge in [-0.1, -0.05) is 42.5 Å². The standard InChI is InChI=1S/C23H22N2O2S/c1-4-24-15(2)12-19(16(24)3)13-21-22(26)25(23(27)28-21)14-18-10-7-9-17-8-5-6-11-20(17)18/h5-13H,4,14H2,1-3H3/b21-13+. The first-order valence-electron chi connectivity index (χ1n) is 9.38. The molecule has 3 aromatic rings. The fourth-order valence-electron chi connectivity index (χ4n) is 3.84. The van der Waals surface area contributed by atoms with Gasteiger partial charge in [0.15, 0.2) is 0 Å². The molecule has 0 spiro atoms. The van der Waals surface area contributed by atoms with E-state index in [4.69, 9.17) is 0 Å². The summed E-state index contributed by atoms with van der Waals surface area (Å²) in [5, 5.41) is 1.96. The maximum atomic E-state index is 12.9. The monoisotopic (exact) mass is 390 g/mol. The lowest BCUT2D eigenvalue weighted by atomic mass is 10.0. The van der Waals surface area contributed by atoms with Crippen molar-refractivity contribution in [3.05, 3.63) is 76.0 Å². The summed E-state index contributed by atoms with van der Waals surface area (Å²) >= 11 is 1.02. The molecule has 1 aromatic heterocycles. The number of nitrogens with zero attached hydrogens (tertiary/aromatic N) is 2. The number of imide groups is 1. The molecule has 4 nitrogen and oxygen atoms in total. The molecule has 1 fully saturated rings. The molecule has 5 heteroatoms. The molecule has 0 unspecified atom stereocenters. The van der Waals surface area contributed by atoms with Crippen LogP contribution in [-0.2, 0) is 17.9 Å². The van der Waals surface area contributed by atoms with E-state index in [0.29, 0.717) is 4.91 Å². The minimum Gasteiger partial charge on any atom is -0.349 e. The highest BCUT2D eigenvalue weighted by Crippen LogP contribution is 2.35. The Morgan fingerprint density at radius 1 is 1.04 bits per heavy atom. The molecule has 4 rings (SSSR count). The minimum atomic E-state index is -0.218. The number of rotatable bonds is 4. The van der Waals surface area contributed by atoms with Gasteiger partial charge in [0.1, 0.15) is 0 Å². The van der Waals surface area contributed by atoms with Gasteiger partial charge in [0.25, 0.3) is 11.1 Å². The number of carbonyl (C=O) groups excluding carboxylic acids is 2. The molecule has 0 saturated carbocycles. The molecular weight excluding hydrogens is 368 g/mol. The van der Waals surface area contributed by atoms with Crippen molar-refractivity contribution in [2.75, 3.05) is 0 Å². The van der Waals surface area contributed by atoms with Crippen LogP contribution < -0.4 is 0 Å². The Bertz CT molecular complexity index is 1120. The molecule has 142 valence electrons. The summed E-state index contributed by atoms with van der Waals surface area (Å²) in [6.45, 7) is 7.37. The Kier molecular flexibility index (Phi) is 4.85. The Balaban J connectivity index is 1.64. The van der Waals surface area contributed by atoms with Crippen LogP contribution in [0.4, 0.5) is 4.79 Å². The number of amides is 2. The summed E-state index contributed by atoms with van der Waals surface area (Å²) < 4.78 is 2.20. The number of aryl methyl sites for hydroxylation is 1. The van der Waals surface area contributed by atoms with Crippen LogP contribution in [-0.4, -0.2) is 20.6 Å². The molecule has 0 N–H and O–H groups in total. The van der Waals surface area contributed by atoms with E-state index in [1.54, 1.807) is 0 Å². The third-order valence-electron chi connectivity index (χ3n) is 5.30. The average molecular weight is 391 g/mol. The van der Waals surface area contributed by atoms with Gasteiger partial charge in [-0.2, -0.15) is 0 Å². The van der Waals surface area contributed by atoms with E-state index in [0.717, 1.165) is 51.6 Å². The van der Waals surface area contributed by atoms with Crippen LogP contribution in [0.15, 0.2) is 53.4 Å². The first-order valence-corrected chi connectivity index (χ1v) is 10.2. The summed E-state index contributed by atoms with van der Waals surface area (Å²) in [6, 6.07) is 16.1. The third-order valence-corrected chi connectivity index (χ3v) is 6.20. The molecule has 1 aliphatic heterocycles. The molecular formula is C23H22N2O2S. The highest BCUT2D eigenvalue weighted by atomic mass is 32.2. The second-order valence-corrected chi connectivity index (χ2v) is 7.97. The Morgan fingerprint density at radius 2 is 1.79 bits per heavy atom. The van der Waals surface area contributed by atoms with Crippen LogP contribution in [0.25, 0.3) is 16.8 Å². The number of aromatic nitrogens is 1. The van der Waals surface area contributed by atoms with Crippen molar-refractivity contribution in [1.82, 2.24) is 9.47 Å². The lowest BCUT2D eigenvalue weighted by Crippen LogP contribution is -2.27. The largest absolute Gasteiger partial charge is 0.349 e. The van der Waals surface area contributed by atoms with Crippen LogP contribution >= 0.6 is 11.8 Å². The predicted molar refractivity (Wildman–Crippen MR) is 115 cm³/mol. The highest BCUT2D eigenvalue weighted by molar-refractivity contribution is 8.18. The lowest BCUT2D eigenvalue weighted by molar-refractivity contribution is -0.123. The van der Waals surface area contributed by atoms with Crippen LogP contribution in [0.1, 0.15) is 29.4 Å². The zero-order valence-electron chi connectivity index (χ0n) is 16.2. The predicted octanol–water partition coefficient (Wildman–Crippen LogP) is 5.51. The molecule has 2 aromatic carbocycles. The Morgan fingerprint density at radius 3 is 2.54 bits per heavy atom. The minimum absolute atomic E-state index is 0.214. The van der Waals surface area contributed by atoms with Gasteiger partial charge in [-0.3, -0.25) is 14.5 Å². The molecule has 1 saturated heterocycles. The van der Waals surface area contributed by atoms with Crippen LogP contribution in [0.3, 0.4) is 0 Å². The van der Waals surface area contributed by atoms with Crippen LogP contribution in [0.2, 0.25) is 0 Å². The van der Waals surface area contributed by atoms with Crippen molar-refractivity contribution in [3.63, 3.8) is 0 Å². The van der Waals surface area contributed by atoms with Crippen molar-refractivity contribution in [3.8, 4) is 0 Å². The second-order valence-electron chi connectivity index (χ2n) is 6.98. The highest BCUT2D eigenvalue weighted by Gasteiger charge is 2.35. The molecule has 0 bridgehead atoms. The van der Waals surface area contributed by atoms with Crippen molar-refractivity contribution >= 4 is 39.8 Å². The summed E-state index contributed by atoms with van der Waals surface area (Å²) in [7, 11) is 0. The van der Waals surface area contributed by atoms with Gasteiger partial charge >= 0.3 is 0 Å². The summed E-state index contributed by atoms with van der Waals surface area (Å²) in [5.41, 5.74) is 4.24. The van der Waals surface area contributed by atoms with E-state index in [-0.39, 0.29) is 17.7 Å². The van der Waals surface area contributed by atoms with Crippen molar-refractivity contribution in [1.29, 1.82) is 0 Å². The van der Waals surface area contributed by atoms with Crippen molar-refractivity contribution in [2.45, 2.75) is 33.9 Å². The van der Waals surface area contributed by atoms with Gasteiger partial charge in [0.2, 0.25) is 0 Å². The number of benzene rings is 2. The maximum Gasteiger partial charge on any atom is 0.293 e. The van der Waals surface area contributed by atoms with E-state index in [1.807, 2.05) is 55.5 Å². The molecule has 2 amide bonds. The van der Waals surface area contributed by atoms with Gasteiger partial charge < -0.3 is 4.57 Å². The molecule has 0 radical (unpaired) electrons. The number of fused-ring (bicyclic) bond motifs is 1. The number of hydrogen-bond donors (Lipinski definition) is 0. The fraction of sp³-hybridized carbons (Fsp3) is 0.217. The first-order chi connectivity index (χ1) is 13.5. The molecule has 2 heterocycles. The van der Waals surface area contributed by atoms with Gasteiger partial charge in [-0.05, 0) is 66.6 Å². The second kappa shape index (κ2) is 7.32. The van der Waals surface area contributed by atoms with Gasteiger partial charge in [0.05, 0.1) is 11.4 Å². The third kappa shape index (κ3) is 3.16. The summed E-state index contributed by atoms with van der Waals surface area (Å²) in [6.07, 6.45) is 1.85. The first kappa shape index (κ1) is 18.6. The van der Waals surface area contributed by atoms with E-state index in [2.05, 4.69) is 24.5 Å². The van der Waals surface area contributed by atoms with Crippen LogP contribution in [0, 0.1) is 13.8 Å². The topological polar surface area (TPSA) is 42.3 Å². The summed E-state index contributed by atoms with van der Waals surface area (Å²) in [4.78, 5) is 27.3. The molecule has 1 aliphatic rings. The molecule has 0 atom stereocenters. The van der Waals surface area contributed by atoms with E-state index in [1.165, 1.54) is 4.90 Å². The van der Waals surface area contributed by atoms with Gasteiger partial charge in [-0.15, -0.1) is 0 Å². The van der Waals surface area contributed by atoms with Gasteiger partial charge in [0, 0.05) is 17.9 Å². The maximum absolute atomic E-state index is 12.9. The van der Waals surface area contributed by atoms with E-state index in [9.17, 15) is 9.59 Å². The number of carbonyl (C=O) groups is 2. The van der Waals surface area contributed by atoms with E-state index >= 15 is 0 Å². The Labute approximate surface area is 168 Å². The number of hydrogen-bond acceptors (Lipinski definition) is 3. The smallest absolute Gasteiger partial charge is 0.293 e. The van der Waals surface area contributed by atoms with Crippen molar-refractivity contribution in [2.24, 2.45) is 0 Å². The zero-order chi connectivity index (χ0) is 19.8. The Hall–Kier alpha value is -2.79. The normalized spacial score (nSPS) is 16.0. The number of thioether (sulfide) groups is 1. The quantitative estimate of drug-likeness (QED) is 0.551. The lowest BCUT2D eigenvalue weighted by Gasteiger charge is -2.14. The summed E-state index contributed by atoms with van der Waals surface area (Å²) in [5.74, 6) is -0.218. The van der Waals surface area contributed by atoms with Crippen LogP contribution in [0.5, 0.6) is 0 Å². The average Bonchev–Trinajstić information content (AvgIpc) is 3.11. The molecule has 28 heavy (non-hydrogen) atoms. The SMILES string of the molecule is CCn1c(C)cc(/C=C2/SC(=O)N(Cc3cccc4ccccc34)C2=O)c1C. The zero-order valence-corrected chi connectivity index (χ0v) is 17.0.